The SMILES string of the molecule is CCCCCCCN1CCC(c2cccc(NC(=O)CN)c2)CC1. The number of nitrogens with zero attached hydrogens (tertiary/aromatic N) is 1. The second-order valence-electron chi connectivity index (χ2n) is 6.91. The Bertz CT molecular complexity index is 495. The zero-order valence-corrected chi connectivity index (χ0v) is 15.1. The zero-order valence-electron chi connectivity index (χ0n) is 15.1. The number of anilines is 1. The summed E-state index contributed by atoms with van der Waals surface area (Å²) in [6.07, 6.45) is 9.21. The summed E-state index contributed by atoms with van der Waals surface area (Å²) in [6.45, 7) is 5.93. The van der Waals surface area contributed by atoms with Crippen molar-refractivity contribution in [2.24, 2.45) is 5.73 Å². The predicted octanol–water partition coefficient (Wildman–Crippen LogP) is 3.73. The van der Waals surface area contributed by atoms with Gasteiger partial charge in [-0.2, -0.15) is 0 Å². The van der Waals surface area contributed by atoms with Crippen LogP contribution in [0.15, 0.2) is 24.3 Å². The summed E-state index contributed by atoms with van der Waals surface area (Å²) in [4.78, 5) is 14.0. The molecule has 0 aliphatic carbocycles. The van der Waals surface area contributed by atoms with Gasteiger partial charge in [0, 0.05) is 5.69 Å². The third-order valence-corrected chi connectivity index (χ3v) is 4.99. The maximum absolute atomic E-state index is 11.4. The molecule has 0 unspecified atom stereocenters. The summed E-state index contributed by atoms with van der Waals surface area (Å²) in [7, 11) is 0. The first kappa shape index (κ1) is 18.9. The highest BCUT2D eigenvalue weighted by Gasteiger charge is 2.20. The average molecular weight is 332 g/mol. The summed E-state index contributed by atoms with van der Waals surface area (Å²) >= 11 is 0. The first-order chi connectivity index (χ1) is 11.7. The molecule has 24 heavy (non-hydrogen) atoms. The Labute approximate surface area is 146 Å². The fraction of sp³-hybridized carbons (Fsp3) is 0.650. The van der Waals surface area contributed by atoms with Crippen LogP contribution in [-0.4, -0.2) is 37.0 Å². The molecular weight excluding hydrogens is 298 g/mol. The lowest BCUT2D eigenvalue weighted by Crippen LogP contribution is -2.33. The summed E-state index contributed by atoms with van der Waals surface area (Å²) < 4.78 is 0. The van der Waals surface area contributed by atoms with Crippen LogP contribution in [0.5, 0.6) is 0 Å². The number of carbonyl (C=O) groups is 1. The number of unbranched alkanes of at least 4 members (excludes halogenated alkanes) is 4. The van der Waals surface area contributed by atoms with Crippen LogP contribution in [-0.2, 0) is 4.79 Å². The van der Waals surface area contributed by atoms with Gasteiger partial charge in [-0.3, -0.25) is 4.79 Å². The Balaban J connectivity index is 1.75. The largest absolute Gasteiger partial charge is 0.325 e. The fourth-order valence-corrected chi connectivity index (χ4v) is 3.51. The molecule has 0 bridgehead atoms. The molecule has 134 valence electrons. The normalized spacial score (nSPS) is 16.2. The molecule has 1 aromatic rings. The third kappa shape index (κ3) is 6.25. The number of rotatable bonds is 9. The van der Waals surface area contributed by atoms with E-state index in [1.165, 1.54) is 70.1 Å². The van der Waals surface area contributed by atoms with Gasteiger partial charge in [-0.25, -0.2) is 0 Å². The molecule has 0 aromatic heterocycles. The quantitative estimate of drug-likeness (QED) is 0.678. The lowest BCUT2D eigenvalue weighted by molar-refractivity contribution is -0.114. The third-order valence-electron chi connectivity index (χ3n) is 4.99. The van der Waals surface area contributed by atoms with Gasteiger partial charge in [-0.05, 0) is 62.5 Å². The van der Waals surface area contributed by atoms with Crippen molar-refractivity contribution in [2.75, 3.05) is 31.5 Å². The van der Waals surface area contributed by atoms with Crippen molar-refractivity contribution >= 4 is 11.6 Å². The Hall–Kier alpha value is -1.39. The fourth-order valence-electron chi connectivity index (χ4n) is 3.51. The second-order valence-corrected chi connectivity index (χ2v) is 6.91. The van der Waals surface area contributed by atoms with E-state index in [2.05, 4.69) is 29.3 Å². The predicted molar refractivity (Wildman–Crippen MR) is 101 cm³/mol. The van der Waals surface area contributed by atoms with Gasteiger partial charge < -0.3 is 16.0 Å². The molecule has 1 fully saturated rings. The topological polar surface area (TPSA) is 58.4 Å². The molecule has 2 rings (SSSR count). The van der Waals surface area contributed by atoms with Crippen molar-refractivity contribution in [2.45, 2.75) is 57.8 Å². The number of amides is 1. The first-order valence-electron chi connectivity index (χ1n) is 9.55. The summed E-state index contributed by atoms with van der Waals surface area (Å²) in [5, 5.41) is 2.85. The highest BCUT2D eigenvalue weighted by molar-refractivity contribution is 5.92. The number of hydrogen-bond donors (Lipinski definition) is 2. The number of likely N-dealkylation sites (tertiary alicyclic amines) is 1. The van der Waals surface area contributed by atoms with Crippen LogP contribution in [0.25, 0.3) is 0 Å². The minimum absolute atomic E-state index is 0.0286. The summed E-state index contributed by atoms with van der Waals surface area (Å²) in [5.74, 6) is 0.473. The van der Waals surface area contributed by atoms with Crippen molar-refractivity contribution in [3.8, 4) is 0 Å². The Morgan fingerprint density at radius 3 is 2.67 bits per heavy atom. The Morgan fingerprint density at radius 2 is 1.96 bits per heavy atom. The summed E-state index contributed by atoms with van der Waals surface area (Å²) in [5.41, 5.74) is 7.57. The molecule has 1 aromatic carbocycles. The molecule has 3 N–H and O–H groups in total. The van der Waals surface area contributed by atoms with E-state index >= 15 is 0 Å². The van der Waals surface area contributed by atoms with Crippen LogP contribution in [0.4, 0.5) is 5.69 Å². The highest BCUT2D eigenvalue weighted by Crippen LogP contribution is 2.29. The van der Waals surface area contributed by atoms with E-state index in [-0.39, 0.29) is 12.5 Å². The van der Waals surface area contributed by atoms with E-state index in [0.29, 0.717) is 5.92 Å². The van der Waals surface area contributed by atoms with E-state index in [0.717, 1.165) is 5.69 Å². The van der Waals surface area contributed by atoms with Crippen LogP contribution in [0, 0.1) is 0 Å². The standard InChI is InChI=1S/C20H33N3O/c1-2-3-4-5-6-12-23-13-10-17(11-14-23)18-8-7-9-19(15-18)22-20(24)16-21/h7-9,15,17H,2-6,10-14,16,21H2,1H3,(H,22,24). The lowest BCUT2D eigenvalue weighted by atomic mass is 9.89. The van der Waals surface area contributed by atoms with Gasteiger partial charge in [-0.1, -0.05) is 44.7 Å². The molecule has 1 amide bonds. The number of nitrogens with two attached hydrogens (primary N) is 1. The maximum Gasteiger partial charge on any atom is 0.238 e. The molecule has 4 nitrogen and oxygen atoms in total. The van der Waals surface area contributed by atoms with Crippen LogP contribution < -0.4 is 11.1 Å². The molecule has 1 heterocycles. The minimum Gasteiger partial charge on any atom is -0.325 e. The van der Waals surface area contributed by atoms with Gasteiger partial charge in [0.25, 0.3) is 0 Å². The molecule has 1 aliphatic rings. The van der Waals surface area contributed by atoms with Gasteiger partial charge in [-0.15, -0.1) is 0 Å². The molecule has 0 radical (unpaired) electrons. The van der Waals surface area contributed by atoms with E-state index in [9.17, 15) is 4.79 Å². The van der Waals surface area contributed by atoms with Gasteiger partial charge in [0.2, 0.25) is 5.91 Å². The van der Waals surface area contributed by atoms with E-state index in [1.54, 1.807) is 0 Å². The van der Waals surface area contributed by atoms with Crippen molar-refractivity contribution in [3.05, 3.63) is 29.8 Å². The average Bonchev–Trinajstić information content (AvgIpc) is 2.62. The smallest absolute Gasteiger partial charge is 0.238 e. The van der Waals surface area contributed by atoms with Crippen molar-refractivity contribution < 1.29 is 4.79 Å². The molecule has 0 saturated carbocycles. The molecule has 0 atom stereocenters. The first-order valence-corrected chi connectivity index (χ1v) is 9.55. The van der Waals surface area contributed by atoms with Gasteiger partial charge >= 0.3 is 0 Å². The Kier molecular flexibility index (Phi) is 8.26. The highest BCUT2D eigenvalue weighted by atomic mass is 16.1. The molecule has 1 aliphatic heterocycles. The van der Waals surface area contributed by atoms with Gasteiger partial charge in [0.1, 0.15) is 0 Å². The molecule has 4 heteroatoms. The number of piperidine rings is 1. The van der Waals surface area contributed by atoms with Crippen LogP contribution in [0.2, 0.25) is 0 Å². The number of benzene rings is 1. The summed E-state index contributed by atoms with van der Waals surface area (Å²) in [6, 6.07) is 8.26. The number of hydrogen-bond acceptors (Lipinski definition) is 3. The van der Waals surface area contributed by atoms with Crippen LogP contribution in [0.3, 0.4) is 0 Å². The number of carbonyl (C=O) groups excluding carboxylic acids is 1. The lowest BCUT2D eigenvalue weighted by Gasteiger charge is -2.32. The van der Waals surface area contributed by atoms with Crippen molar-refractivity contribution in [1.82, 2.24) is 4.90 Å². The number of nitrogens with one attached hydrogen (secondary N) is 1. The Morgan fingerprint density at radius 1 is 1.21 bits per heavy atom. The monoisotopic (exact) mass is 331 g/mol. The maximum atomic E-state index is 11.4. The second kappa shape index (κ2) is 10.5. The van der Waals surface area contributed by atoms with Crippen LogP contribution in [0.1, 0.15) is 63.4 Å². The minimum atomic E-state index is -0.134. The van der Waals surface area contributed by atoms with Gasteiger partial charge in [0.15, 0.2) is 0 Å². The van der Waals surface area contributed by atoms with Crippen molar-refractivity contribution in [1.29, 1.82) is 0 Å². The van der Waals surface area contributed by atoms with Crippen LogP contribution >= 0.6 is 0 Å². The van der Waals surface area contributed by atoms with E-state index in [1.807, 2.05) is 12.1 Å². The van der Waals surface area contributed by atoms with E-state index < -0.39 is 0 Å². The zero-order chi connectivity index (χ0) is 17.2. The van der Waals surface area contributed by atoms with Gasteiger partial charge in [0.05, 0.1) is 6.54 Å². The van der Waals surface area contributed by atoms with Crippen molar-refractivity contribution in [3.63, 3.8) is 0 Å². The van der Waals surface area contributed by atoms with E-state index in [4.69, 9.17) is 5.73 Å². The molecular formula is C20H33N3O. The molecule has 1 saturated heterocycles. The molecule has 0 spiro atoms.